The first kappa shape index (κ1) is 22.8. The zero-order valence-corrected chi connectivity index (χ0v) is 18.7. The summed E-state index contributed by atoms with van der Waals surface area (Å²) < 4.78 is 21.7. The molecule has 1 saturated heterocycles. The van der Waals surface area contributed by atoms with Crippen molar-refractivity contribution in [3.8, 4) is 11.5 Å². The molecular weight excluding hydrogens is 422 g/mol. The van der Waals surface area contributed by atoms with Crippen molar-refractivity contribution in [1.82, 2.24) is 15.5 Å². The van der Waals surface area contributed by atoms with Gasteiger partial charge in [0.15, 0.2) is 23.2 Å². The Morgan fingerprint density at radius 1 is 1.26 bits per heavy atom. The molecule has 0 unspecified atom stereocenters. The van der Waals surface area contributed by atoms with Crippen LogP contribution in [-0.2, 0) is 19.1 Å². The summed E-state index contributed by atoms with van der Waals surface area (Å²) in [5.41, 5.74) is 1.81. The third-order valence-corrected chi connectivity index (χ3v) is 5.22. The number of allylic oxidation sites excluding steroid dienone is 1. The van der Waals surface area contributed by atoms with Crippen molar-refractivity contribution in [2.24, 2.45) is 0 Å². The highest BCUT2D eigenvalue weighted by atomic mass is 32.1. The lowest BCUT2D eigenvalue weighted by Gasteiger charge is -2.30. The van der Waals surface area contributed by atoms with Gasteiger partial charge in [-0.25, -0.2) is 4.79 Å². The van der Waals surface area contributed by atoms with Crippen LogP contribution in [-0.4, -0.2) is 68.5 Å². The number of morpholine rings is 1. The van der Waals surface area contributed by atoms with Crippen molar-refractivity contribution in [1.29, 1.82) is 0 Å². The first-order valence-corrected chi connectivity index (χ1v) is 10.5. The molecule has 1 aromatic rings. The van der Waals surface area contributed by atoms with E-state index in [9.17, 15) is 9.59 Å². The average Bonchev–Trinajstić information content (AvgIpc) is 2.77. The lowest BCUT2D eigenvalue weighted by molar-refractivity contribution is -0.139. The second-order valence-corrected chi connectivity index (χ2v) is 7.39. The summed E-state index contributed by atoms with van der Waals surface area (Å²) >= 11 is 5.27. The van der Waals surface area contributed by atoms with Gasteiger partial charge in [-0.2, -0.15) is 0 Å². The smallest absolute Gasteiger partial charge is 0.338 e. The maximum atomic E-state index is 12.5. The molecule has 0 bridgehead atoms. The van der Waals surface area contributed by atoms with Crippen LogP contribution < -0.4 is 20.1 Å². The van der Waals surface area contributed by atoms with Gasteiger partial charge in [0.2, 0.25) is 0 Å². The number of rotatable bonds is 7. The summed E-state index contributed by atoms with van der Waals surface area (Å²) in [5, 5.41) is 6.48. The molecule has 1 atom stereocenters. The molecule has 0 radical (unpaired) electrons. The van der Waals surface area contributed by atoms with Crippen LogP contribution in [0.3, 0.4) is 0 Å². The molecule has 0 aromatic heterocycles. The Kier molecular flexibility index (Phi) is 7.69. The molecule has 0 spiro atoms. The van der Waals surface area contributed by atoms with Crippen LogP contribution in [0, 0.1) is 0 Å². The van der Waals surface area contributed by atoms with Gasteiger partial charge >= 0.3 is 5.97 Å². The van der Waals surface area contributed by atoms with Crippen LogP contribution in [0.2, 0.25) is 0 Å². The molecule has 1 aromatic carbocycles. The average molecular weight is 450 g/mol. The van der Waals surface area contributed by atoms with Gasteiger partial charge in [-0.05, 0) is 43.8 Å². The van der Waals surface area contributed by atoms with Crippen molar-refractivity contribution in [3.63, 3.8) is 0 Å². The molecule has 1 amide bonds. The fourth-order valence-corrected chi connectivity index (χ4v) is 3.72. The van der Waals surface area contributed by atoms with Crippen molar-refractivity contribution in [2.75, 3.05) is 46.6 Å². The molecule has 168 valence electrons. The van der Waals surface area contributed by atoms with Gasteiger partial charge < -0.3 is 34.5 Å². The van der Waals surface area contributed by atoms with E-state index < -0.39 is 12.0 Å². The van der Waals surface area contributed by atoms with Gasteiger partial charge in [-0.15, -0.1) is 0 Å². The van der Waals surface area contributed by atoms with Gasteiger partial charge in [0.25, 0.3) is 5.91 Å². The quantitative estimate of drug-likeness (QED) is 0.471. The molecular formula is C21H27N3O6S. The standard InChI is InChI=1S/C21H27N3O6S/c1-4-29-20(26)18-13(2)22-21(31)23-19(18)14-5-6-15(16(11-14)27-3)30-12-17(25)24-7-9-28-10-8-24/h5-6,11,19H,4,7-10,12H2,1-3H3,(H2,22,23,31)/t19-/m1/s1. The molecule has 3 rings (SSSR count). The van der Waals surface area contributed by atoms with E-state index in [2.05, 4.69) is 10.6 Å². The first-order chi connectivity index (χ1) is 14.9. The number of nitrogens with one attached hydrogen (secondary N) is 2. The highest BCUT2D eigenvalue weighted by Gasteiger charge is 2.31. The summed E-state index contributed by atoms with van der Waals surface area (Å²) in [6.07, 6.45) is 0. The minimum Gasteiger partial charge on any atom is -0.493 e. The third kappa shape index (κ3) is 5.45. The third-order valence-electron chi connectivity index (χ3n) is 5.00. The molecule has 2 N–H and O–H groups in total. The number of hydrogen-bond donors (Lipinski definition) is 2. The number of amides is 1. The molecule has 2 aliphatic rings. The summed E-state index contributed by atoms with van der Waals surface area (Å²) in [6.45, 7) is 5.88. The van der Waals surface area contributed by atoms with Crippen molar-refractivity contribution >= 4 is 29.2 Å². The second kappa shape index (κ2) is 10.5. The monoisotopic (exact) mass is 449 g/mol. The molecule has 1 fully saturated rings. The largest absolute Gasteiger partial charge is 0.493 e. The number of benzene rings is 1. The number of hydrogen-bond acceptors (Lipinski definition) is 7. The number of nitrogens with zero attached hydrogens (tertiary/aromatic N) is 1. The van der Waals surface area contributed by atoms with Crippen LogP contribution in [0.1, 0.15) is 25.5 Å². The first-order valence-electron chi connectivity index (χ1n) is 10.1. The number of esters is 1. The Bertz CT molecular complexity index is 882. The van der Waals surface area contributed by atoms with E-state index in [-0.39, 0.29) is 19.1 Å². The van der Waals surface area contributed by atoms with Gasteiger partial charge in [-0.1, -0.05) is 6.07 Å². The normalized spacial score (nSPS) is 18.7. The summed E-state index contributed by atoms with van der Waals surface area (Å²) in [6, 6.07) is 4.76. The molecule has 0 saturated carbocycles. The van der Waals surface area contributed by atoms with Gasteiger partial charge in [0.05, 0.1) is 38.5 Å². The number of ether oxygens (including phenoxy) is 4. The highest BCUT2D eigenvalue weighted by molar-refractivity contribution is 7.80. The van der Waals surface area contributed by atoms with Crippen LogP contribution in [0.25, 0.3) is 0 Å². The molecule has 2 heterocycles. The SMILES string of the molecule is CCOC(=O)C1=C(C)NC(=S)N[C@@H]1c1ccc(OCC(=O)N2CCOCC2)c(OC)c1. The highest BCUT2D eigenvalue weighted by Crippen LogP contribution is 2.34. The Labute approximate surface area is 186 Å². The van der Waals surface area contributed by atoms with Gasteiger partial charge in [-0.3, -0.25) is 4.79 Å². The van der Waals surface area contributed by atoms with E-state index in [1.54, 1.807) is 36.9 Å². The molecule has 2 aliphatic heterocycles. The number of methoxy groups -OCH3 is 1. The van der Waals surface area contributed by atoms with Crippen molar-refractivity contribution in [2.45, 2.75) is 19.9 Å². The Balaban J connectivity index is 1.79. The lowest BCUT2D eigenvalue weighted by Crippen LogP contribution is -2.45. The fourth-order valence-electron chi connectivity index (χ4n) is 3.45. The van der Waals surface area contributed by atoms with Crippen molar-refractivity contribution < 1.29 is 28.5 Å². The van der Waals surface area contributed by atoms with E-state index in [1.165, 1.54) is 7.11 Å². The topological polar surface area (TPSA) is 98.4 Å². The predicted octanol–water partition coefficient (Wildman–Crippen LogP) is 1.29. The fraction of sp³-hybridized carbons (Fsp3) is 0.476. The lowest BCUT2D eigenvalue weighted by atomic mass is 9.95. The van der Waals surface area contributed by atoms with Gasteiger partial charge in [0.1, 0.15) is 0 Å². The van der Waals surface area contributed by atoms with E-state index in [0.29, 0.717) is 54.2 Å². The predicted molar refractivity (Wildman–Crippen MR) is 117 cm³/mol. The van der Waals surface area contributed by atoms with Crippen LogP contribution in [0.5, 0.6) is 11.5 Å². The molecule has 9 nitrogen and oxygen atoms in total. The second-order valence-electron chi connectivity index (χ2n) is 6.98. The van der Waals surface area contributed by atoms with E-state index in [1.807, 2.05) is 0 Å². The number of carbonyl (C=O) groups excluding carboxylic acids is 2. The molecule has 10 heteroatoms. The number of carbonyl (C=O) groups is 2. The van der Waals surface area contributed by atoms with Crippen LogP contribution in [0.4, 0.5) is 0 Å². The maximum absolute atomic E-state index is 12.5. The summed E-state index contributed by atoms with van der Waals surface area (Å²) in [7, 11) is 1.52. The Hall–Kier alpha value is -2.85. The maximum Gasteiger partial charge on any atom is 0.338 e. The Morgan fingerprint density at radius 2 is 2.00 bits per heavy atom. The van der Waals surface area contributed by atoms with Crippen LogP contribution in [0.15, 0.2) is 29.5 Å². The zero-order chi connectivity index (χ0) is 22.4. The summed E-state index contributed by atoms with van der Waals surface area (Å²) in [5.74, 6) is 0.341. The van der Waals surface area contributed by atoms with E-state index in [4.69, 9.17) is 31.2 Å². The Morgan fingerprint density at radius 3 is 2.68 bits per heavy atom. The zero-order valence-electron chi connectivity index (χ0n) is 17.9. The van der Waals surface area contributed by atoms with E-state index >= 15 is 0 Å². The molecule has 31 heavy (non-hydrogen) atoms. The van der Waals surface area contributed by atoms with E-state index in [0.717, 1.165) is 5.56 Å². The van der Waals surface area contributed by atoms with Crippen LogP contribution >= 0.6 is 12.2 Å². The minimum atomic E-state index is -0.509. The number of thiocarbonyl (C=S) groups is 1. The minimum absolute atomic E-state index is 0.0987. The summed E-state index contributed by atoms with van der Waals surface area (Å²) in [4.78, 5) is 26.6. The molecule has 0 aliphatic carbocycles. The van der Waals surface area contributed by atoms with Crippen molar-refractivity contribution in [3.05, 3.63) is 35.0 Å². The van der Waals surface area contributed by atoms with Gasteiger partial charge in [0, 0.05) is 18.8 Å².